The van der Waals surface area contributed by atoms with Gasteiger partial charge in [-0.25, -0.2) is 0 Å². The van der Waals surface area contributed by atoms with E-state index < -0.39 is 0 Å². The van der Waals surface area contributed by atoms with Gasteiger partial charge in [-0.15, -0.1) is 0 Å². The summed E-state index contributed by atoms with van der Waals surface area (Å²) in [5.74, 6) is 0.886. The molecule has 0 unspecified atom stereocenters. The lowest BCUT2D eigenvalue weighted by Crippen LogP contribution is -2.41. The maximum Gasteiger partial charge on any atom is 0.0126 e. The van der Waals surface area contributed by atoms with Gasteiger partial charge < -0.3 is 10.6 Å². The zero-order valence-corrected chi connectivity index (χ0v) is 8.64. The third-order valence-corrected chi connectivity index (χ3v) is 2.87. The predicted molar refractivity (Wildman–Crippen MR) is 53.1 cm³/mol. The standard InChI is InChI=1S/C10H22N2/c1-10(11)6-4-9(5-7-10)8-12(2)3/h9H,4-8,11H2,1-3H3. The van der Waals surface area contributed by atoms with Crippen LogP contribution in [0.4, 0.5) is 0 Å². The second-order valence-corrected chi connectivity index (χ2v) is 4.86. The second-order valence-electron chi connectivity index (χ2n) is 4.86. The summed E-state index contributed by atoms with van der Waals surface area (Å²) in [7, 11) is 4.30. The maximum atomic E-state index is 6.06. The van der Waals surface area contributed by atoms with Gasteiger partial charge in [-0.2, -0.15) is 0 Å². The average Bonchev–Trinajstić information content (AvgIpc) is 1.93. The van der Waals surface area contributed by atoms with E-state index in [1.54, 1.807) is 0 Å². The van der Waals surface area contributed by atoms with E-state index in [-0.39, 0.29) is 5.54 Å². The van der Waals surface area contributed by atoms with Crippen molar-refractivity contribution in [2.45, 2.75) is 38.1 Å². The molecule has 0 atom stereocenters. The van der Waals surface area contributed by atoms with Crippen LogP contribution in [-0.2, 0) is 0 Å². The number of hydrogen-bond donors (Lipinski definition) is 1. The van der Waals surface area contributed by atoms with Crippen molar-refractivity contribution in [1.82, 2.24) is 4.90 Å². The minimum atomic E-state index is 0.128. The van der Waals surface area contributed by atoms with Crippen molar-refractivity contribution in [2.75, 3.05) is 20.6 Å². The van der Waals surface area contributed by atoms with Crippen LogP contribution in [0.15, 0.2) is 0 Å². The van der Waals surface area contributed by atoms with E-state index in [0.717, 1.165) is 5.92 Å². The Bertz CT molecular complexity index is 131. The second kappa shape index (κ2) is 3.75. The lowest BCUT2D eigenvalue weighted by molar-refractivity contribution is 0.209. The van der Waals surface area contributed by atoms with Gasteiger partial charge in [0.1, 0.15) is 0 Å². The van der Waals surface area contributed by atoms with E-state index in [1.807, 2.05) is 0 Å². The van der Waals surface area contributed by atoms with Crippen molar-refractivity contribution in [3.63, 3.8) is 0 Å². The molecule has 2 nitrogen and oxygen atoms in total. The molecule has 0 radical (unpaired) electrons. The van der Waals surface area contributed by atoms with E-state index in [1.165, 1.54) is 32.2 Å². The molecule has 1 rings (SSSR count). The molecular weight excluding hydrogens is 148 g/mol. The number of nitrogens with two attached hydrogens (primary N) is 1. The lowest BCUT2D eigenvalue weighted by atomic mass is 9.78. The van der Waals surface area contributed by atoms with Crippen molar-refractivity contribution >= 4 is 0 Å². The van der Waals surface area contributed by atoms with Crippen molar-refractivity contribution in [2.24, 2.45) is 11.7 Å². The molecule has 0 aromatic carbocycles. The first-order chi connectivity index (χ1) is 5.49. The van der Waals surface area contributed by atoms with Crippen molar-refractivity contribution in [3.8, 4) is 0 Å². The topological polar surface area (TPSA) is 29.3 Å². The van der Waals surface area contributed by atoms with E-state index in [2.05, 4.69) is 25.9 Å². The van der Waals surface area contributed by atoms with Crippen LogP contribution in [0.3, 0.4) is 0 Å². The van der Waals surface area contributed by atoms with Gasteiger partial charge in [0.15, 0.2) is 0 Å². The first-order valence-electron chi connectivity index (χ1n) is 4.93. The zero-order chi connectivity index (χ0) is 9.19. The summed E-state index contributed by atoms with van der Waals surface area (Å²) < 4.78 is 0. The highest BCUT2D eigenvalue weighted by atomic mass is 15.1. The average molecular weight is 170 g/mol. The minimum Gasteiger partial charge on any atom is -0.325 e. The van der Waals surface area contributed by atoms with Crippen molar-refractivity contribution in [3.05, 3.63) is 0 Å². The summed E-state index contributed by atoms with van der Waals surface area (Å²) in [6.07, 6.45) is 5.02. The van der Waals surface area contributed by atoms with E-state index in [0.29, 0.717) is 0 Å². The molecule has 1 saturated carbocycles. The van der Waals surface area contributed by atoms with Gasteiger partial charge in [0, 0.05) is 12.1 Å². The highest BCUT2D eigenvalue weighted by Gasteiger charge is 2.27. The Morgan fingerprint density at radius 3 is 2.25 bits per heavy atom. The van der Waals surface area contributed by atoms with E-state index in [4.69, 9.17) is 5.73 Å². The van der Waals surface area contributed by atoms with E-state index >= 15 is 0 Å². The van der Waals surface area contributed by atoms with E-state index in [9.17, 15) is 0 Å². The third-order valence-electron chi connectivity index (χ3n) is 2.87. The largest absolute Gasteiger partial charge is 0.325 e. The van der Waals surface area contributed by atoms with Gasteiger partial charge in [-0.1, -0.05) is 0 Å². The molecule has 1 aliphatic carbocycles. The molecule has 0 spiro atoms. The first-order valence-corrected chi connectivity index (χ1v) is 4.93. The zero-order valence-electron chi connectivity index (χ0n) is 8.64. The van der Waals surface area contributed by atoms with Gasteiger partial charge >= 0.3 is 0 Å². The Hall–Kier alpha value is -0.0800. The number of nitrogens with zero attached hydrogens (tertiary/aromatic N) is 1. The molecular formula is C10H22N2. The molecule has 0 saturated heterocycles. The maximum absolute atomic E-state index is 6.06. The fraction of sp³-hybridized carbons (Fsp3) is 1.00. The van der Waals surface area contributed by atoms with Crippen LogP contribution in [0, 0.1) is 5.92 Å². The minimum absolute atomic E-state index is 0.128. The van der Waals surface area contributed by atoms with Gasteiger partial charge in [-0.05, 0) is 52.6 Å². The molecule has 1 fully saturated rings. The van der Waals surface area contributed by atoms with Crippen molar-refractivity contribution in [1.29, 1.82) is 0 Å². The molecule has 2 N–H and O–H groups in total. The summed E-state index contributed by atoms with van der Waals surface area (Å²) in [4.78, 5) is 2.28. The summed E-state index contributed by atoms with van der Waals surface area (Å²) >= 11 is 0. The lowest BCUT2D eigenvalue weighted by Gasteiger charge is -2.35. The van der Waals surface area contributed by atoms with Crippen LogP contribution < -0.4 is 5.73 Å². The van der Waals surface area contributed by atoms with Gasteiger partial charge in [-0.3, -0.25) is 0 Å². The third kappa shape index (κ3) is 3.11. The van der Waals surface area contributed by atoms with Crippen LogP contribution >= 0.6 is 0 Å². The molecule has 0 aromatic heterocycles. The van der Waals surface area contributed by atoms with Gasteiger partial charge in [0.05, 0.1) is 0 Å². The fourth-order valence-corrected chi connectivity index (χ4v) is 2.04. The smallest absolute Gasteiger partial charge is 0.0126 e. The number of rotatable bonds is 2. The summed E-state index contributed by atoms with van der Waals surface area (Å²) in [6.45, 7) is 3.41. The summed E-state index contributed by atoms with van der Waals surface area (Å²) in [6, 6.07) is 0. The van der Waals surface area contributed by atoms with Gasteiger partial charge in [0.25, 0.3) is 0 Å². The molecule has 2 heteroatoms. The normalized spacial score (nSPS) is 37.2. The number of hydrogen-bond acceptors (Lipinski definition) is 2. The molecule has 0 aliphatic heterocycles. The Labute approximate surface area is 76.1 Å². The Morgan fingerprint density at radius 1 is 1.33 bits per heavy atom. The molecule has 0 amide bonds. The monoisotopic (exact) mass is 170 g/mol. The molecule has 1 aliphatic rings. The van der Waals surface area contributed by atoms with Gasteiger partial charge in [0.2, 0.25) is 0 Å². The van der Waals surface area contributed by atoms with Crippen LogP contribution in [0.2, 0.25) is 0 Å². The fourth-order valence-electron chi connectivity index (χ4n) is 2.04. The van der Waals surface area contributed by atoms with Crippen molar-refractivity contribution < 1.29 is 0 Å². The predicted octanol–water partition coefficient (Wildman–Crippen LogP) is 1.46. The quantitative estimate of drug-likeness (QED) is 0.680. The molecule has 0 bridgehead atoms. The Morgan fingerprint density at radius 2 is 1.83 bits per heavy atom. The highest BCUT2D eigenvalue weighted by Crippen LogP contribution is 2.29. The van der Waals surface area contributed by atoms with Crippen LogP contribution in [-0.4, -0.2) is 31.1 Å². The van der Waals surface area contributed by atoms with Crippen LogP contribution in [0.5, 0.6) is 0 Å². The summed E-state index contributed by atoms with van der Waals surface area (Å²) in [5, 5.41) is 0. The van der Waals surface area contributed by atoms with Crippen LogP contribution in [0.25, 0.3) is 0 Å². The Balaban J connectivity index is 2.27. The SMILES string of the molecule is CN(C)CC1CCC(C)(N)CC1. The highest BCUT2D eigenvalue weighted by molar-refractivity contribution is 4.85. The molecule has 0 heterocycles. The molecule has 72 valence electrons. The molecule has 0 aromatic rings. The Kier molecular flexibility index (Phi) is 3.13. The summed E-state index contributed by atoms with van der Waals surface area (Å²) in [5.41, 5.74) is 6.18. The molecule has 12 heavy (non-hydrogen) atoms. The van der Waals surface area contributed by atoms with Crippen LogP contribution in [0.1, 0.15) is 32.6 Å². The first kappa shape index (κ1) is 10.0.